The maximum Gasteiger partial charge on any atom is 0.250 e. The van der Waals surface area contributed by atoms with Gasteiger partial charge in [-0.1, -0.05) is 35.0 Å². The topological polar surface area (TPSA) is 34.0 Å². The highest BCUT2D eigenvalue weighted by Crippen LogP contribution is 2.19. The molecule has 0 aliphatic rings. The van der Waals surface area contributed by atoms with Gasteiger partial charge < -0.3 is 9.88 Å². The van der Waals surface area contributed by atoms with E-state index < -0.39 is 0 Å². The quantitative estimate of drug-likeness (QED) is 0.898. The van der Waals surface area contributed by atoms with Crippen LogP contribution in [-0.4, -0.2) is 4.57 Å². The first-order valence-corrected chi connectivity index (χ1v) is 7.59. The fourth-order valence-electron chi connectivity index (χ4n) is 2.04. The van der Waals surface area contributed by atoms with Crippen LogP contribution in [0.1, 0.15) is 24.5 Å². The molecule has 1 aromatic heterocycles. The van der Waals surface area contributed by atoms with E-state index in [2.05, 4.69) is 53.3 Å². The Morgan fingerprint density at radius 1 is 1.25 bits per heavy atom. The van der Waals surface area contributed by atoms with Crippen LogP contribution in [0.25, 0.3) is 0 Å². The number of aromatic nitrogens is 1. The summed E-state index contributed by atoms with van der Waals surface area (Å²) < 4.78 is 2.85. The first kappa shape index (κ1) is 14.9. The van der Waals surface area contributed by atoms with Crippen molar-refractivity contribution in [3.05, 3.63) is 62.5 Å². The molecule has 0 spiro atoms. The van der Waals surface area contributed by atoms with Crippen LogP contribution in [0.15, 0.2) is 45.8 Å². The summed E-state index contributed by atoms with van der Waals surface area (Å²) in [6.07, 6.45) is 2.83. The molecule has 0 amide bonds. The zero-order chi connectivity index (χ0) is 14.5. The molecule has 0 aliphatic carbocycles. The molecular formula is C16H19BrN2O. The van der Waals surface area contributed by atoms with Crippen molar-refractivity contribution in [2.75, 3.05) is 5.32 Å². The number of halogens is 1. The minimum atomic E-state index is 0.0499. The smallest absolute Gasteiger partial charge is 0.250 e. The van der Waals surface area contributed by atoms with Gasteiger partial charge in [-0.25, -0.2) is 0 Å². The average molecular weight is 335 g/mol. The van der Waals surface area contributed by atoms with Crippen LogP contribution >= 0.6 is 15.9 Å². The van der Waals surface area contributed by atoms with Crippen LogP contribution in [0.3, 0.4) is 0 Å². The zero-order valence-electron chi connectivity index (χ0n) is 11.8. The van der Waals surface area contributed by atoms with Crippen molar-refractivity contribution in [3.63, 3.8) is 0 Å². The predicted octanol–water partition coefficient (Wildman–Crippen LogP) is 3.94. The minimum absolute atomic E-state index is 0.0499. The van der Waals surface area contributed by atoms with Gasteiger partial charge in [0.2, 0.25) is 0 Å². The molecule has 0 fully saturated rings. The van der Waals surface area contributed by atoms with Crippen molar-refractivity contribution in [2.24, 2.45) is 0 Å². The highest BCUT2D eigenvalue weighted by Gasteiger charge is 2.01. The Morgan fingerprint density at radius 2 is 2.05 bits per heavy atom. The third-order valence-corrected chi connectivity index (χ3v) is 3.88. The average Bonchev–Trinajstić information content (AvgIpc) is 2.41. The highest BCUT2D eigenvalue weighted by molar-refractivity contribution is 9.10. The summed E-state index contributed by atoms with van der Waals surface area (Å²) >= 11 is 3.58. The first-order valence-electron chi connectivity index (χ1n) is 6.79. The molecule has 2 rings (SSSR count). The van der Waals surface area contributed by atoms with Gasteiger partial charge in [-0.15, -0.1) is 0 Å². The van der Waals surface area contributed by atoms with E-state index in [9.17, 15) is 4.79 Å². The molecule has 0 aliphatic heterocycles. The van der Waals surface area contributed by atoms with Crippen LogP contribution in [0, 0.1) is 6.92 Å². The maximum absolute atomic E-state index is 11.7. The van der Waals surface area contributed by atoms with Crippen molar-refractivity contribution < 1.29 is 0 Å². The number of aryl methyl sites for hydroxylation is 2. The first-order chi connectivity index (χ1) is 9.60. The molecule has 2 aromatic rings. The number of hydrogen-bond donors (Lipinski definition) is 1. The minimum Gasteiger partial charge on any atom is -0.380 e. The summed E-state index contributed by atoms with van der Waals surface area (Å²) in [6.45, 7) is 5.62. The molecule has 0 saturated heterocycles. The molecule has 0 bridgehead atoms. The van der Waals surface area contributed by atoms with Gasteiger partial charge in [0.1, 0.15) is 0 Å². The van der Waals surface area contributed by atoms with Gasteiger partial charge in [0.15, 0.2) is 0 Å². The van der Waals surface area contributed by atoms with Crippen LogP contribution in [-0.2, 0) is 13.1 Å². The van der Waals surface area contributed by atoms with Crippen LogP contribution in [0.2, 0.25) is 0 Å². The lowest BCUT2D eigenvalue weighted by Gasteiger charge is -2.11. The van der Waals surface area contributed by atoms with Crippen molar-refractivity contribution in [1.29, 1.82) is 0 Å². The maximum atomic E-state index is 11.7. The Kier molecular flexibility index (Phi) is 5.01. The summed E-state index contributed by atoms with van der Waals surface area (Å²) in [4.78, 5) is 11.7. The second kappa shape index (κ2) is 6.75. The fourth-order valence-corrected chi connectivity index (χ4v) is 2.68. The lowest BCUT2D eigenvalue weighted by atomic mass is 10.1. The third kappa shape index (κ3) is 3.73. The van der Waals surface area contributed by atoms with Gasteiger partial charge in [0, 0.05) is 29.8 Å². The number of nitrogens with one attached hydrogen (secondary N) is 1. The molecule has 0 radical (unpaired) electrons. The Labute approximate surface area is 127 Å². The standard InChI is InChI=1S/C16H19BrN2O/c1-3-8-19-11-14(6-7-16(19)20)18-10-13-5-4-12(2)9-15(13)17/h4-7,9,11,18H,3,8,10H2,1-2H3. The SMILES string of the molecule is CCCn1cc(NCc2ccc(C)cc2Br)ccc1=O. The van der Waals surface area contributed by atoms with E-state index in [1.807, 2.05) is 12.3 Å². The molecule has 3 nitrogen and oxygen atoms in total. The largest absolute Gasteiger partial charge is 0.380 e. The molecular weight excluding hydrogens is 316 g/mol. The van der Waals surface area contributed by atoms with E-state index in [0.717, 1.165) is 29.7 Å². The van der Waals surface area contributed by atoms with Crippen LogP contribution < -0.4 is 10.9 Å². The number of pyridine rings is 1. The van der Waals surface area contributed by atoms with E-state index in [4.69, 9.17) is 0 Å². The molecule has 20 heavy (non-hydrogen) atoms. The van der Waals surface area contributed by atoms with Crippen molar-refractivity contribution in [3.8, 4) is 0 Å². The Morgan fingerprint density at radius 3 is 2.75 bits per heavy atom. The Bertz CT molecular complexity index is 649. The molecule has 106 valence electrons. The number of benzene rings is 1. The lowest BCUT2D eigenvalue weighted by Crippen LogP contribution is -2.18. The monoisotopic (exact) mass is 334 g/mol. The van der Waals surface area contributed by atoms with Gasteiger partial charge in [-0.2, -0.15) is 0 Å². The second-order valence-electron chi connectivity index (χ2n) is 4.90. The summed E-state index contributed by atoms with van der Waals surface area (Å²) in [6, 6.07) is 9.75. The summed E-state index contributed by atoms with van der Waals surface area (Å²) in [7, 11) is 0. The number of hydrogen-bond acceptors (Lipinski definition) is 2. The van der Waals surface area contributed by atoms with E-state index in [1.54, 1.807) is 10.6 Å². The Hall–Kier alpha value is -1.55. The second-order valence-corrected chi connectivity index (χ2v) is 5.75. The zero-order valence-corrected chi connectivity index (χ0v) is 13.4. The van der Waals surface area contributed by atoms with Gasteiger partial charge in [0.25, 0.3) is 5.56 Å². The fraction of sp³-hybridized carbons (Fsp3) is 0.312. The molecule has 0 unspecified atom stereocenters. The molecule has 4 heteroatoms. The molecule has 1 heterocycles. The lowest BCUT2D eigenvalue weighted by molar-refractivity contribution is 0.655. The summed E-state index contributed by atoms with van der Waals surface area (Å²) in [5.41, 5.74) is 3.44. The van der Waals surface area contributed by atoms with Crippen LogP contribution in [0.5, 0.6) is 0 Å². The number of nitrogens with zero attached hydrogens (tertiary/aromatic N) is 1. The van der Waals surface area contributed by atoms with Crippen molar-refractivity contribution >= 4 is 21.6 Å². The summed E-state index contributed by atoms with van der Waals surface area (Å²) in [5.74, 6) is 0. The third-order valence-electron chi connectivity index (χ3n) is 3.14. The normalized spacial score (nSPS) is 10.6. The molecule has 1 aromatic carbocycles. The van der Waals surface area contributed by atoms with Crippen molar-refractivity contribution in [1.82, 2.24) is 4.57 Å². The predicted molar refractivity (Wildman–Crippen MR) is 87.2 cm³/mol. The highest BCUT2D eigenvalue weighted by atomic mass is 79.9. The molecule has 1 N–H and O–H groups in total. The van der Waals surface area contributed by atoms with Crippen LogP contribution in [0.4, 0.5) is 5.69 Å². The number of rotatable bonds is 5. The van der Waals surface area contributed by atoms with E-state index in [0.29, 0.717) is 0 Å². The van der Waals surface area contributed by atoms with E-state index in [-0.39, 0.29) is 5.56 Å². The molecule has 0 atom stereocenters. The Balaban J connectivity index is 2.10. The van der Waals surface area contributed by atoms with E-state index >= 15 is 0 Å². The van der Waals surface area contributed by atoms with E-state index in [1.165, 1.54) is 11.1 Å². The number of anilines is 1. The summed E-state index contributed by atoms with van der Waals surface area (Å²) in [5, 5.41) is 3.36. The van der Waals surface area contributed by atoms with Gasteiger partial charge in [0.05, 0.1) is 5.69 Å². The van der Waals surface area contributed by atoms with Gasteiger partial charge in [-0.05, 0) is 36.6 Å². The molecule has 0 saturated carbocycles. The van der Waals surface area contributed by atoms with Gasteiger partial charge in [-0.3, -0.25) is 4.79 Å². The van der Waals surface area contributed by atoms with Crippen molar-refractivity contribution in [2.45, 2.75) is 33.4 Å². The van der Waals surface area contributed by atoms with Gasteiger partial charge >= 0.3 is 0 Å².